The highest BCUT2D eigenvalue weighted by molar-refractivity contribution is 5.90. The van der Waals surface area contributed by atoms with E-state index in [1.54, 1.807) is 6.07 Å². The third kappa shape index (κ3) is 3.96. The van der Waals surface area contributed by atoms with Gasteiger partial charge in [-0.05, 0) is 39.0 Å². The van der Waals surface area contributed by atoms with Gasteiger partial charge in [0.15, 0.2) is 0 Å². The van der Waals surface area contributed by atoms with Crippen molar-refractivity contribution < 1.29 is 14.3 Å². The van der Waals surface area contributed by atoms with E-state index in [0.717, 1.165) is 32.0 Å². The summed E-state index contributed by atoms with van der Waals surface area (Å²) in [5.74, 6) is -0.275. The molecule has 4 nitrogen and oxygen atoms in total. The molecule has 0 aliphatic carbocycles. The molecule has 0 atom stereocenters. The Morgan fingerprint density at radius 3 is 2.58 bits per heavy atom. The normalized spacial score (nSPS) is 16.3. The van der Waals surface area contributed by atoms with E-state index in [-0.39, 0.29) is 5.97 Å². The molecule has 0 aromatic heterocycles. The second-order valence-corrected chi connectivity index (χ2v) is 5.65. The van der Waals surface area contributed by atoms with Gasteiger partial charge in [0.05, 0.1) is 18.8 Å². The number of morpholine rings is 1. The van der Waals surface area contributed by atoms with Gasteiger partial charge in [0.25, 0.3) is 0 Å². The van der Waals surface area contributed by atoms with Crippen LogP contribution in [0, 0.1) is 0 Å². The summed E-state index contributed by atoms with van der Waals surface area (Å²) in [6, 6.07) is 7.58. The summed E-state index contributed by atoms with van der Waals surface area (Å²) < 4.78 is 10.7. The summed E-state index contributed by atoms with van der Waals surface area (Å²) in [5, 5.41) is 0. The van der Waals surface area contributed by atoms with Gasteiger partial charge in [-0.1, -0.05) is 6.07 Å². The van der Waals surface area contributed by atoms with Gasteiger partial charge < -0.3 is 14.4 Å². The standard InChI is InChI=1S/C15H21NO3/c1-15(2,3)19-14(17)12-5-4-6-13(11-12)16-7-9-18-10-8-16/h4-6,11H,7-10H2,1-3H3. The molecule has 0 unspecified atom stereocenters. The Morgan fingerprint density at radius 2 is 1.95 bits per heavy atom. The van der Waals surface area contributed by atoms with E-state index >= 15 is 0 Å². The average Bonchev–Trinajstić information content (AvgIpc) is 2.38. The van der Waals surface area contributed by atoms with Crippen LogP contribution < -0.4 is 4.90 Å². The van der Waals surface area contributed by atoms with Crippen LogP contribution in [0.3, 0.4) is 0 Å². The Bertz CT molecular complexity index is 445. The Morgan fingerprint density at radius 1 is 1.26 bits per heavy atom. The summed E-state index contributed by atoms with van der Waals surface area (Å²) in [5.41, 5.74) is 1.18. The van der Waals surface area contributed by atoms with Gasteiger partial charge in [0.2, 0.25) is 0 Å². The minimum atomic E-state index is -0.466. The molecular formula is C15H21NO3. The Hall–Kier alpha value is -1.55. The predicted octanol–water partition coefficient (Wildman–Crippen LogP) is 2.48. The van der Waals surface area contributed by atoms with Crippen LogP contribution in [0.4, 0.5) is 5.69 Å². The number of carbonyl (C=O) groups excluding carboxylic acids is 1. The largest absolute Gasteiger partial charge is 0.456 e. The molecule has 104 valence electrons. The topological polar surface area (TPSA) is 38.8 Å². The van der Waals surface area contributed by atoms with Crippen molar-refractivity contribution >= 4 is 11.7 Å². The van der Waals surface area contributed by atoms with Crippen molar-refractivity contribution in [3.05, 3.63) is 29.8 Å². The van der Waals surface area contributed by atoms with Crippen molar-refractivity contribution in [3.63, 3.8) is 0 Å². The van der Waals surface area contributed by atoms with Crippen molar-refractivity contribution in [2.45, 2.75) is 26.4 Å². The average molecular weight is 263 g/mol. The maximum absolute atomic E-state index is 12.0. The van der Waals surface area contributed by atoms with E-state index in [1.165, 1.54) is 0 Å². The molecule has 1 aliphatic heterocycles. The zero-order chi connectivity index (χ0) is 13.9. The zero-order valence-corrected chi connectivity index (χ0v) is 11.8. The lowest BCUT2D eigenvalue weighted by Crippen LogP contribution is -2.36. The summed E-state index contributed by atoms with van der Waals surface area (Å²) in [7, 11) is 0. The molecule has 0 radical (unpaired) electrons. The predicted molar refractivity (Wildman–Crippen MR) is 74.6 cm³/mol. The Labute approximate surface area is 114 Å². The van der Waals surface area contributed by atoms with Crippen LogP contribution in [0.5, 0.6) is 0 Å². The Balaban J connectivity index is 2.12. The first-order chi connectivity index (χ1) is 8.96. The highest BCUT2D eigenvalue weighted by Gasteiger charge is 2.19. The van der Waals surface area contributed by atoms with E-state index in [4.69, 9.17) is 9.47 Å². The third-order valence-electron chi connectivity index (χ3n) is 2.86. The van der Waals surface area contributed by atoms with Gasteiger partial charge in [-0.25, -0.2) is 4.79 Å². The van der Waals surface area contributed by atoms with Crippen LogP contribution >= 0.6 is 0 Å². The van der Waals surface area contributed by atoms with Crippen LogP contribution in [0.15, 0.2) is 24.3 Å². The van der Waals surface area contributed by atoms with Gasteiger partial charge in [0, 0.05) is 18.8 Å². The molecular weight excluding hydrogens is 242 g/mol. The van der Waals surface area contributed by atoms with Gasteiger partial charge in [-0.15, -0.1) is 0 Å². The van der Waals surface area contributed by atoms with Crippen LogP contribution in [-0.2, 0) is 9.47 Å². The molecule has 1 aromatic rings. The maximum atomic E-state index is 12.0. The van der Waals surface area contributed by atoms with E-state index in [1.807, 2.05) is 39.0 Å². The number of nitrogens with zero attached hydrogens (tertiary/aromatic N) is 1. The third-order valence-corrected chi connectivity index (χ3v) is 2.86. The smallest absolute Gasteiger partial charge is 0.338 e. The highest BCUT2D eigenvalue weighted by atomic mass is 16.6. The first-order valence-corrected chi connectivity index (χ1v) is 6.62. The van der Waals surface area contributed by atoms with E-state index in [9.17, 15) is 4.79 Å². The summed E-state index contributed by atoms with van der Waals surface area (Å²) in [6.07, 6.45) is 0. The Kier molecular flexibility index (Phi) is 4.10. The molecule has 19 heavy (non-hydrogen) atoms. The van der Waals surface area contributed by atoms with Gasteiger partial charge in [0.1, 0.15) is 5.60 Å². The number of hydrogen-bond donors (Lipinski definition) is 0. The number of anilines is 1. The second-order valence-electron chi connectivity index (χ2n) is 5.65. The lowest BCUT2D eigenvalue weighted by atomic mass is 10.1. The molecule has 0 spiro atoms. The molecule has 0 N–H and O–H groups in total. The van der Waals surface area contributed by atoms with Crippen LogP contribution in [0.2, 0.25) is 0 Å². The SMILES string of the molecule is CC(C)(C)OC(=O)c1cccc(N2CCOCC2)c1. The molecule has 2 rings (SSSR count). The molecule has 4 heteroatoms. The van der Waals surface area contributed by atoms with Crippen LogP contribution in [-0.4, -0.2) is 37.9 Å². The molecule has 1 heterocycles. The number of hydrogen-bond acceptors (Lipinski definition) is 4. The molecule has 1 saturated heterocycles. The number of benzene rings is 1. The van der Waals surface area contributed by atoms with Crippen LogP contribution in [0.1, 0.15) is 31.1 Å². The fourth-order valence-electron chi connectivity index (χ4n) is 1.99. The quantitative estimate of drug-likeness (QED) is 0.768. The summed E-state index contributed by atoms with van der Waals surface area (Å²) in [4.78, 5) is 14.2. The summed E-state index contributed by atoms with van der Waals surface area (Å²) in [6.45, 7) is 8.80. The fraction of sp³-hybridized carbons (Fsp3) is 0.533. The van der Waals surface area contributed by atoms with Gasteiger partial charge in [-0.2, -0.15) is 0 Å². The molecule has 0 bridgehead atoms. The lowest BCUT2D eigenvalue weighted by molar-refractivity contribution is 0.00696. The lowest BCUT2D eigenvalue weighted by Gasteiger charge is -2.29. The number of ether oxygens (including phenoxy) is 2. The molecule has 1 aromatic carbocycles. The van der Waals surface area contributed by atoms with Crippen molar-refractivity contribution in [1.29, 1.82) is 0 Å². The van der Waals surface area contributed by atoms with Crippen molar-refractivity contribution in [2.75, 3.05) is 31.2 Å². The molecule has 0 saturated carbocycles. The minimum Gasteiger partial charge on any atom is -0.456 e. The zero-order valence-electron chi connectivity index (χ0n) is 11.8. The highest BCUT2D eigenvalue weighted by Crippen LogP contribution is 2.19. The minimum absolute atomic E-state index is 0.275. The van der Waals surface area contributed by atoms with E-state index in [2.05, 4.69) is 4.90 Å². The molecule has 1 aliphatic rings. The number of esters is 1. The second kappa shape index (κ2) is 5.61. The van der Waals surface area contributed by atoms with Crippen molar-refractivity contribution in [1.82, 2.24) is 0 Å². The van der Waals surface area contributed by atoms with Crippen molar-refractivity contribution in [3.8, 4) is 0 Å². The van der Waals surface area contributed by atoms with Gasteiger partial charge >= 0.3 is 5.97 Å². The number of carbonyl (C=O) groups is 1. The maximum Gasteiger partial charge on any atom is 0.338 e. The van der Waals surface area contributed by atoms with E-state index < -0.39 is 5.60 Å². The molecule has 0 amide bonds. The summed E-state index contributed by atoms with van der Waals surface area (Å²) >= 11 is 0. The number of rotatable bonds is 2. The van der Waals surface area contributed by atoms with Crippen LogP contribution in [0.25, 0.3) is 0 Å². The van der Waals surface area contributed by atoms with Crippen molar-refractivity contribution in [2.24, 2.45) is 0 Å². The monoisotopic (exact) mass is 263 g/mol. The first-order valence-electron chi connectivity index (χ1n) is 6.62. The fourth-order valence-corrected chi connectivity index (χ4v) is 1.99. The van der Waals surface area contributed by atoms with Gasteiger partial charge in [-0.3, -0.25) is 0 Å². The van der Waals surface area contributed by atoms with E-state index in [0.29, 0.717) is 5.56 Å². The molecule has 1 fully saturated rings. The first kappa shape index (κ1) is 13.9.